The molecule has 0 aromatic heterocycles. The molecule has 0 aromatic rings. The zero-order valence-corrected chi connectivity index (χ0v) is 43.3. The Morgan fingerprint density at radius 2 is 0.913 bits per heavy atom. The smallest absolute Gasteiger partial charge is 0.335 e. The molecule has 0 radical (unpaired) electrons. The minimum Gasteiger partial charge on any atom is -0.479 e. The van der Waals surface area contributed by atoms with Crippen LogP contribution in [0.15, 0.2) is 60.8 Å². The molecule has 6 atom stereocenters. The Morgan fingerprint density at radius 1 is 0.493 bits per heavy atom. The number of aliphatic hydroxyl groups is 2. The predicted octanol–water partition coefficient (Wildman–Crippen LogP) is 13.2. The highest BCUT2D eigenvalue weighted by atomic mass is 16.7. The van der Waals surface area contributed by atoms with Crippen molar-refractivity contribution >= 4 is 23.9 Å². The lowest BCUT2D eigenvalue weighted by atomic mass is 9.98. The Labute approximate surface area is 417 Å². The summed E-state index contributed by atoms with van der Waals surface area (Å²) >= 11 is 0. The summed E-state index contributed by atoms with van der Waals surface area (Å²) in [6.45, 7) is 5.79. The van der Waals surface area contributed by atoms with Crippen LogP contribution in [-0.2, 0) is 42.9 Å². The fourth-order valence-corrected chi connectivity index (χ4v) is 7.88. The van der Waals surface area contributed by atoms with Crippen LogP contribution in [0.25, 0.3) is 0 Å². The summed E-state index contributed by atoms with van der Waals surface area (Å²) < 4.78 is 28.2. The van der Waals surface area contributed by atoms with Crippen molar-refractivity contribution < 1.29 is 58.2 Å². The number of carbonyl (C=O) groups is 4. The first-order valence-electron chi connectivity index (χ1n) is 27.3. The van der Waals surface area contributed by atoms with Crippen LogP contribution < -0.4 is 0 Å². The lowest BCUT2D eigenvalue weighted by molar-refractivity contribution is -0.301. The van der Waals surface area contributed by atoms with Crippen molar-refractivity contribution in [3.8, 4) is 0 Å². The van der Waals surface area contributed by atoms with E-state index in [-0.39, 0.29) is 25.9 Å². The quantitative estimate of drug-likeness (QED) is 0.0228. The third-order valence-corrected chi connectivity index (χ3v) is 12.1. The number of ether oxygens (including phenoxy) is 5. The van der Waals surface area contributed by atoms with Crippen molar-refractivity contribution in [2.75, 3.05) is 13.2 Å². The lowest BCUT2D eigenvalue weighted by Gasteiger charge is -2.40. The molecule has 1 aliphatic rings. The number of hydrogen-bond acceptors (Lipinski definition) is 11. The fourth-order valence-electron chi connectivity index (χ4n) is 7.88. The van der Waals surface area contributed by atoms with Gasteiger partial charge in [0.05, 0.1) is 6.61 Å². The van der Waals surface area contributed by atoms with Crippen LogP contribution in [0.5, 0.6) is 0 Å². The largest absolute Gasteiger partial charge is 0.479 e. The van der Waals surface area contributed by atoms with Crippen LogP contribution in [-0.4, -0.2) is 89.2 Å². The number of rotatable bonds is 45. The van der Waals surface area contributed by atoms with Crippen LogP contribution in [0.3, 0.4) is 0 Å². The van der Waals surface area contributed by atoms with Gasteiger partial charge in [0.15, 0.2) is 24.6 Å². The summed E-state index contributed by atoms with van der Waals surface area (Å²) in [6.07, 6.45) is 42.2. The molecule has 396 valence electrons. The topological polar surface area (TPSA) is 175 Å². The van der Waals surface area contributed by atoms with E-state index in [4.69, 9.17) is 23.7 Å². The second kappa shape index (κ2) is 45.6. The van der Waals surface area contributed by atoms with Gasteiger partial charge in [0.1, 0.15) is 18.8 Å². The summed E-state index contributed by atoms with van der Waals surface area (Å²) in [7, 11) is 0. The van der Waals surface area contributed by atoms with E-state index >= 15 is 0 Å². The van der Waals surface area contributed by atoms with Crippen molar-refractivity contribution in [1.82, 2.24) is 0 Å². The van der Waals surface area contributed by atoms with Crippen molar-refractivity contribution in [2.24, 2.45) is 0 Å². The van der Waals surface area contributed by atoms with Crippen molar-refractivity contribution in [1.29, 1.82) is 0 Å². The average molecular weight is 973 g/mol. The number of allylic oxidation sites excluding steroid dienone is 10. The van der Waals surface area contributed by atoms with E-state index in [2.05, 4.69) is 81.5 Å². The van der Waals surface area contributed by atoms with Gasteiger partial charge in [0, 0.05) is 19.3 Å². The number of aliphatic hydroxyl groups excluding tert-OH is 2. The monoisotopic (exact) mass is 973 g/mol. The van der Waals surface area contributed by atoms with Gasteiger partial charge in [-0.2, -0.15) is 0 Å². The van der Waals surface area contributed by atoms with Gasteiger partial charge >= 0.3 is 23.9 Å². The highest BCUT2D eigenvalue weighted by Crippen LogP contribution is 2.26. The molecule has 1 fully saturated rings. The molecule has 3 N–H and O–H groups in total. The molecule has 1 aliphatic heterocycles. The van der Waals surface area contributed by atoms with Gasteiger partial charge in [-0.1, -0.05) is 184 Å². The molecule has 12 nitrogen and oxygen atoms in total. The molecule has 1 rings (SSSR count). The number of carboxylic acid groups (broad SMARTS) is 1. The van der Waals surface area contributed by atoms with Gasteiger partial charge in [0.2, 0.25) is 0 Å². The van der Waals surface area contributed by atoms with Gasteiger partial charge in [-0.3, -0.25) is 14.4 Å². The Hall–Kier alpha value is -3.58. The molecule has 0 spiro atoms. The predicted molar refractivity (Wildman–Crippen MR) is 275 cm³/mol. The van der Waals surface area contributed by atoms with Crippen LogP contribution in [0.1, 0.15) is 226 Å². The Balaban J connectivity index is 2.72. The molecular weight excluding hydrogens is 877 g/mol. The molecule has 0 bridgehead atoms. The number of carbonyl (C=O) groups excluding carboxylic acids is 3. The van der Waals surface area contributed by atoms with Gasteiger partial charge in [-0.25, -0.2) is 4.79 Å². The Kier molecular flexibility index (Phi) is 41.9. The maximum Gasteiger partial charge on any atom is 0.335 e. The first-order valence-corrected chi connectivity index (χ1v) is 27.3. The zero-order chi connectivity index (χ0) is 50.4. The number of unbranched alkanes of at least 4 members (excludes halogenated alkanes) is 21. The summed E-state index contributed by atoms with van der Waals surface area (Å²) in [5.41, 5.74) is 0. The first kappa shape index (κ1) is 63.4. The molecule has 0 aromatic carbocycles. The third-order valence-electron chi connectivity index (χ3n) is 12.1. The lowest BCUT2D eigenvalue weighted by Crippen LogP contribution is -2.61. The van der Waals surface area contributed by atoms with Gasteiger partial charge < -0.3 is 39.0 Å². The van der Waals surface area contributed by atoms with E-state index < -0.39 is 67.3 Å². The highest BCUT2D eigenvalue weighted by Gasteiger charge is 2.50. The molecule has 12 heteroatoms. The van der Waals surface area contributed by atoms with Crippen LogP contribution in [0, 0.1) is 0 Å². The van der Waals surface area contributed by atoms with E-state index in [1.807, 2.05) is 0 Å². The van der Waals surface area contributed by atoms with Crippen LogP contribution in [0.4, 0.5) is 0 Å². The Bertz CT molecular complexity index is 1440. The number of aliphatic carboxylic acids is 1. The van der Waals surface area contributed by atoms with Crippen molar-refractivity contribution in [3.05, 3.63) is 60.8 Å². The summed E-state index contributed by atoms with van der Waals surface area (Å²) in [6, 6.07) is 0. The van der Waals surface area contributed by atoms with E-state index in [0.29, 0.717) is 19.3 Å². The van der Waals surface area contributed by atoms with Gasteiger partial charge in [0.25, 0.3) is 0 Å². The van der Waals surface area contributed by atoms with E-state index in [9.17, 15) is 34.5 Å². The maximum absolute atomic E-state index is 13.0. The van der Waals surface area contributed by atoms with Crippen LogP contribution in [0.2, 0.25) is 0 Å². The summed E-state index contributed by atoms with van der Waals surface area (Å²) in [4.78, 5) is 50.8. The number of hydrogen-bond donors (Lipinski definition) is 3. The van der Waals surface area contributed by atoms with Gasteiger partial charge in [-0.15, -0.1) is 0 Å². The molecule has 0 saturated carbocycles. The average Bonchev–Trinajstić information content (AvgIpc) is 3.33. The summed E-state index contributed by atoms with van der Waals surface area (Å²) in [5, 5.41) is 31.3. The maximum atomic E-state index is 13.0. The van der Waals surface area contributed by atoms with Gasteiger partial charge in [-0.05, 0) is 83.5 Å². The molecule has 6 unspecified atom stereocenters. The third kappa shape index (κ3) is 36.1. The second-order valence-electron chi connectivity index (χ2n) is 18.5. The van der Waals surface area contributed by atoms with Crippen molar-refractivity contribution in [2.45, 2.75) is 263 Å². The molecule has 0 aliphatic carbocycles. The summed E-state index contributed by atoms with van der Waals surface area (Å²) in [5.74, 6) is -3.18. The fraction of sp³-hybridized carbons (Fsp3) is 0.754. The van der Waals surface area contributed by atoms with E-state index in [1.165, 1.54) is 70.6 Å². The first-order chi connectivity index (χ1) is 33.6. The van der Waals surface area contributed by atoms with E-state index in [0.717, 1.165) is 96.3 Å². The standard InChI is InChI=1S/C57H96O12/c1-4-7-10-13-16-19-21-23-25-27-29-32-34-37-40-43-49(58)65-46-48(67-50(59)44-41-38-35-31-18-15-12-9-6-3)47-66-57-55(53(62)52(61)54(69-57)56(63)64)68-51(60)45-42-39-36-33-30-28-26-24-22-20-17-14-11-8-5-2/h7,10,16,19,23-26,29,32,48,52-55,57,61-62H,4-6,8-9,11-15,17-18,20-22,27-28,30-31,33-47H2,1-3H3,(H,63,64)/b10-7-,19-16-,25-23-,26-24-,32-29-. The molecule has 1 saturated heterocycles. The number of carboxylic acids is 1. The molecule has 0 amide bonds. The number of esters is 3. The Morgan fingerprint density at radius 3 is 1.43 bits per heavy atom. The minimum absolute atomic E-state index is 0.0467. The van der Waals surface area contributed by atoms with Crippen molar-refractivity contribution in [3.63, 3.8) is 0 Å². The van der Waals surface area contributed by atoms with Crippen LogP contribution >= 0.6 is 0 Å². The molecule has 69 heavy (non-hydrogen) atoms. The molecule has 1 heterocycles. The molecular formula is C57H96O12. The minimum atomic E-state index is -1.91. The highest BCUT2D eigenvalue weighted by molar-refractivity contribution is 5.74. The second-order valence-corrected chi connectivity index (χ2v) is 18.5. The zero-order valence-electron chi connectivity index (χ0n) is 43.3. The SMILES string of the molecule is CC/C=C\C/C=C\C/C=C\C/C=C\CCCCC(=O)OCC(COC1OC(C(=O)O)C(O)C(O)C1OC(=O)CCCCCCC/C=C\CCCCCCCC)OC(=O)CCCCCCCCCCC. The van der Waals surface area contributed by atoms with E-state index in [1.54, 1.807) is 0 Å². The normalized spacial score (nSPS) is 19.1.